The SMILES string of the molecule is Cc1ccc(C(N)=O)cc1C#Cc1cnc(Nc2cnn(CCCO)c2)nc1. The van der Waals surface area contributed by atoms with Crippen molar-refractivity contribution < 1.29 is 9.90 Å². The van der Waals surface area contributed by atoms with Crippen LogP contribution in [0.5, 0.6) is 0 Å². The highest BCUT2D eigenvalue weighted by atomic mass is 16.3. The summed E-state index contributed by atoms with van der Waals surface area (Å²) in [6, 6.07) is 5.17. The maximum Gasteiger partial charge on any atom is 0.248 e. The summed E-state index contributed by atoms with van der Waals surface area (Å²) < 4.78 is 1.74. The Morgan fingerprint density at radius 3 is 2.75 bits per heavy atom. The Morgan fingerprint density at radius 1 is 1.25 bits per heavy atom. The molecule has 0 bridgehead atoms. The Labute approximate surface area is 162 Å². The molecule has 28 heavy (non-hydrogen) atoms. The third-order valence-electron chi connectivity index (χ3n) is 3.95. The molecule has 3 rings (SSSR count). The molecule has 1 aromatic carbocycles. The van der Waals surface area contributed by atoms with E-state index in [0.717, 1.165) is 16.8 Å². The van der Waals surface area contributed by atoms with Crippen molar-refractivity contribution >= 4 is 17.5 Å². The molecular formula is C20H20N6O2. The number of carbonyl (C=O) groups excluding carboxylic acids is 1. The van der Waals surface area contributed by atoms with Gasteiger partial charge in [0, 0.05) is 42.9 Å². The highest BCUT2D eigenvalue weighted by Crippen LogP contribution is 2.12. The van der Waals surface area contributed by atoms with Crippen molar-refractivity contribution in [3.05, 3.63) is 65.2 Å². The Morgan fingerprint density at radius 2 is 2.04 bits per heavy atom. The molecule has 0 aliphatic heterocycles. The van der Waals surface area contributed by atoms with Crippen molar-refractivity contribution in [1.29, 1.82) is 0 Å². The van der Waals surface area contributed by atoms with E-state index in [2.05, 4.69) is 32.2 Å². The summed E-state index contributed by atoms with van der Waals surface area (Å²) in [4.78, 5) is 19.8. The number of aliphatic hydroxyl groups excluding tert-OH is 1. The lowest BCUT2D eigenvalue weighted by atomic mass is 10.0. The second kappa shape index (κ2) is 8.79. The Hall–Kier alpha value is -3.70. The van der Waals surface area contributed by atoms with E-state index in [1.54, 1.807) is 35.4 Å². The molecule has 0 unspecified atom stereocenters. The third-order valence-corrected chi connectivity index (χ3v) is 3.95. The molecular weight excluding hydrogens is 356 g/mol. The lowest BCUT2D eigenvalue weighted by molar-refractivity contribution is 0.1000. The van der Waals surface area contributed by atoms with Gasteiger partial charge in [-0.05, 0) is 31.0 Å². The minimum Gasteiger partial charge on any atom is -0.396 e. The predicted molar refractivity (Wildman–Crippen MR) is 105 cm³/mol. The maximum absolute atomic E-state index is 11.3. The van der Waals surface area contributed by atoms with E-state index in [0.29, 0.717) is 30.0 Å². The molecule has 142 valence electrons. The second-order valence-corrected chi connectivity index (χ2v) is 6.13. The molecule has 0 radical (unpaired) electrons. The summed E-state index contributed by atoms with van der Waals surface area (Å²) in [6.45, 7) is 2.68. The quantitative estimate of drug-likeness (QED) is 0.562. The van der Waals surface area contributed by atoms with Gasteiger partial charge in [-0.1, -0.05) is 17.9 Å². The summed E-state index contributed by atoms with van der Waals surface area (Å²) in [6.07, 6.45) is 7.37. The Bertz CT molecular complexity index is 1030. The number of hydrogen-bond donors (Lipinski definition) is 3. The number of hydrogen-bond acceptors (Lipinski definition) is 6. The van der Waals surface area contributed by atoms with Crippen LogP contribution in [-0.2, 0) is 6.54 Å². The van der Waals surface area contributed by atoms with E-state index in [4.69, 9.17) is 10.8 Å². The van der Waals surface area contributed by atoms with Crippen molar-refractivity contribution in [3.8, 4) is 11.8 Å². The standard InChI is InChI=1S/C20H20N6O2/c1-14-3-5-17(19(21)28)9-16(14)6-4-15-10-22-20(23-11-15)25-18-12-24-26(13-18)7-2-8-27/h3,5,9-13,27H,2,7-8H2,1H3,(H2,21,28)(H,22,23,25). The maximum atomic E-state index is 11.3. The average Bonchev–Trinajstić information content (AvgIpc) is 3.14. The lowest BCUT2D eigenvalue weighted by Crippen LogP contribution is -2.11. The normalized spacial score (nSPS) is 10.2. The van der Waals surface area contributed by atoms with Gasteiger partial charge in [0.1, 0.15) is 0 Å². The number of carbonyl (C=O) groups is 1. The van der Waals surface area contributed by atoms with E-state index < -0.39 is 5.91 Å². The van der Waals surface area contributed by atoms with Crippen molar-refractivity contribution in [2.45, 2.75) is 19.9 Å². The van der Waals surface area contributed by atoms with Gasteiger partial charge in [0.2, 0.25) is 11.9 Å². The summed E-state index contributed by atoms with van der Waals surface area (Å²) in [5.74, 6) is 5.96. The number of aryl methyl sites for hydroxylation is 2. The molecule has 1 amide bonds. The molecule has 8 heteroatoms. The number of amides is 1. The van der Waals surface area contributed by atoms with Crippen LogP contribution < -0.4 is 11.1 Å². The molecule has 0 aliphatic carbocycles. The summed E-state index contributed by atoms with van der Waals surface area (Å²) in [5, 5.41) is 16.1. The number of nitrogens with two attached hydrogens (primary N) is 1. The number of anilines is 2. The van der Waals surface area contributed by atoms with Gasteiger partial charge in [-0.15, -0.1) is 0 Å². The van der Waals surface area contributed by atoms with Gasteiger partial charge < -0.3 is 16.2 Å². The number of aromatic nitrogens is 4. The first-order chi connectivity index (χ1) is 13.5. The van der Waals surface area contributed by atoms with Crippen molar-refractivity contribution in [2.75, 3.05) is 11.9 Å². The molecule has 4 N–H and O–H groups in total. The van der Waals surface area contributed by atoms with Crippen LogP contribution in [0.25, 0.3) is 0 Å². The Kier molecular flexibility index (Phi) is 5.99. The Balaban J connectivity index is 1.69. The molecule has 0 fully saturated rings. The minimum absolute atomic E-state index is 0.126. The zero-order chi connectivity index (χ0) is 19.9. The molecule has 2 heterocycles. The molecule has 0 saturated heterocycles. The van der Waals surface area contributed by atoms with Crippen LogP contribution in [0, 0.1) is 18.8 Å². The number of benzene rings is 1. The van der Waals surface area contributed by atoms with Crippen molar-refractivity contribution in [2.24, 2.45) is 5.73 Å². The fourth-order valence-electron chi connectivity index (χ4n) is 2.42. The first kappa shape index (κ1) is 19.1. The van der Waals surface area contributed by atoms with Crippen molar-refractivity contribution in [3.63, 3.8) is 0 Å². The van der Waals surface area contributed by atoms with E-state index in [-0.39, 0.29) is 6.61 Å². The largest absolute Gasteiger partial charge is 0.396 e. The molecule has 2 aromatic heterocycles. The first-order valence-corrected chi connectivity index (χ1v) is 8.70. The average molecular weight is 376 g/mol. The third kappa shape index (κ3) is 4.93. The summed E-state index contributed by atoms with van der Waals surface area (Å²) >= 11 is 0. The molecule has 0 spiro atoms. The molecule has 0 atom stereocenters. The monoisotopic (exact) mass is 376 g/mol. The minimum atomic E-state index is -0.485. The van der Waals surface area contributed by atoms with E-state index in [1.807, 2.05) is 19.2 Å². The number of rotatable bonds is 6. The summed E-state index contributed by atoms with van der Waals surface area (Å²) in [7, 11) is 0. The van der Waals surface area contributed by atoms with Gasteiger partial charge in [-0.2, -0.15) is 5.10 Å². The molecule has 3 aromatic rings. The van der Waals surface area contributed by atoms with Crippen LogP contribution in [0.4, 0.5) is 11.6 Å². The number of nitrogens with one attached hydrogen (secondary N) is 1. The molecule has 0 aliphatic rings. The summed E-state index contributed by atoms with van der Waals surface area (Å²) in [5.41, 5.74) is 8.83. The number of primary amides is 1. The van der Waals surface area contributed by atoms with Crippen LogP contribution in [0.15, 0.2) is 43.0 Å². The van der Waals surface area contributed by atoms with Crippen LogP contribution >= 0.6 is 0 Å². The molecule has 8 nitrogen and oxygen atoms in total. The zero-order valence-corrected chi connectivity index (χ0v) is 15.4. The van der Waals surface area contributed by atoms with E-state index >= 15 is 0 Å². The number of aliphatic hydroxyl groups is 1. The van der Waals surface area contributed by atoms with E-state index in [9.17, 15) is 4.79 Å². The van der Waals surface area contributed by atoms with Gasteiger partial charge in [-0.3, -0.25) is 9.48 Å². The molecule has 0 saturated carbocycles. The van der Waals surface area contributed by atoms with Gasteiger partial charge in [0.05, 0.1) is 17.4 Å². The smallest absolute Gasteiger partial charge is 0.248 e. The predicted octanol–water partition coefficient (Wildman–Crippen LogP) is 1.61. The van der Waals surface area contributed by atoms with Crippen LogP contribution in [-0.4, -0.2) is 37.4 Å². The van der Waals surface area contributed by atoms with Crippen LogP contribution in [0.3, 0.4) is 0 Å². The van der Waals surface area contributed by atoms with Crippen LogP contribution in [0.2, 0.25) is 0 Å². The fraction of sp³-hybridized carbons (Fsp3) is 0.200. The second-order valence-electron chi connectivity index (χ2n) is 6.13. The fourth-order valence-corrected chi connectivity index (χ4v) is 2.42. The van der Waals surface area contributed by atoms with Crippen molar-refractivity contribution in [1.82, 2.24) is 19.7 Å². The lowest BCUT2D eigenvalue weighted by Gasteiger charge is -2.02. The highest BCUT2D eigenvalue weighted by molar-refractivity contribution is 5.93. The van der Waals surface area contributed by atoms with Gasteiger partial charge in [0.15, 0.2) is 0 Å². The highest BCUT2D eigenvalue weighted by Gasteiger charge is 2.04. The topological polar surface area (TPSA) is 119 Å². The number of nitrogens with zero attached hydrogens (tertiary/aromatic N) is 4. The first-order valence-electron chi connectivity index (χ1n) is 8.70. The van der Waals surface area contributed by atoms with Crippen LogP contribution in [0.1, 0.15) is 33.5 Å². The van der Waals surface area contributed by atoms with E-state index in [1.165, 1.54) is 0 Å². The van der Waals surface area contributed by atoms with Gasteiger partial charge in [-0.25, -0.2) is 9.97 Å². The zero-order valence-electron chi connectivity index (χ0n) is 15.4. The van der Waals surface area contributed by atoms with Gasteiger partial charge in [0.25, 0.3) is 0 Å². The van der Waals surface area contributed by atoms with Gasteiger partial charge >= 0.3 is 0 Å².